The monoisotopic (exact) mass is 312 g/mol. The third-order valence-corrected chi connectivity index (χ3v) is 3.96. The molecule has 0 radical (unpaired) electrons. The Balaban J connectivity index is 2.11. The molecule has 0 aliphatic rings. The van der Waals surface area contributed by atoms with E-state index in [-0.39, 0.29) is 11.9 Å². The van der Waals surface area contributed by atoms with Crippen LogP contribution in [-0.4, -0.2) is 6.04 Å². The van der Waals surface area contributed by atoms with E-state index in [1.165, 1.54) is 12.1 Å². The van der Waals surface area contributed by atoms with Crippen LogP contribution < -0.4 is 11.3 Å². The van der Waals surface area contributed by atoms with E-state index >= 15 is 0 Å². The summed E-state index contributed by atoms with van der Waals surface area (Å²) in [5.74, 6) is 5.32. The van der Waals surface area contributed by atoms with Gasteiger partial charge in [-0.25, -0.2) is 4.39 Å². The van der Waals surface area contributed by atoms with Gasteiger partial charge in [0.15, 0.2) is 0 Å². The summed E-state index contributed by atoms with van der Waals surface area (Å²) < 4.78 is 13.2. The average Bonchev–Trinajstić information content (AvgIpc) is 2.43. The fourth-order valence-corrected chi connectivity index (χ4v) is 2.51. The molecule has 0 fully saturated rings. The lowest BCUT2D eigenvalue weighted by Crippen LogP contribution is -2.38. The lowest BCUT2D eigenvalue weighted by molar-refractivity contribution is 0.520. The maximum atomic E-state index is 13.2. The lowest BCUT2D eigenvalue weighted by Gasteiger charge is -2.17. The smallest absolute Gasteiger partial charge is 0.123 e. The summed E-state index contributed by atoms with van der Waals surface area (Å²) in [5.41, 5.74) is 4.54. The van der Waals surface area contributed by atoms with Crippen LogP contribution >= 0.6 is 23.2 Å². The zero-order valence-electron chi connectivity index (χ0n) is 10.7. The van der Waals surface area contributed by atoms with Crippen LogP contribution in [0.25, 0.3) is 0 Å². The van der Waals surface area contributed by atoms with E-state index < -0.39 is 0 Å². The maximum absolute atomic E-state index is 13.2. The molecule has 5 heteroatoms. The SMILES string of the molecule is NNC(Cc1cccc(F)c1)Cc1cccc(Cl)c1Cl. The Labute approximate surface area is 127 Å². The van der Waals surface area contributed by atoms with Crippen LogP contribution in [0.15, 0.2) is 42.5 Å². The van der Waals surface area contributed by atoms with Crippen LogP contribution in [0.2, 0.25) is 10.0 Å². The summed E-state index contributed by atoms with van der Waals surface area (Å²) in [7, 11) is 0. The minimum Gasteiger partial charge on any atom is -0.271 e. The van der Waals surface area contributed by atoms with E-state index in [1.54, 1.807) is 12.1 Å². The molecule has 0 aliphatic carbocycles. The molecule has 2 rings (SSSR count). The van der Waals surface area contributed by atoms with Crippen molar-refractivity contribution in [1.82, 2.24) is 5.43 Å². The number of hydrogen-bond donors (Lipinski definition) is 2. The van der Waals surface area contributed by atoms with Gasteiger partial charge in [-0.05, 0) is 42.2 Å². The first-order valence-corrected chi connectivity index (χ1v) is 6.99. The van der Waals surface area contributed by atoms with Gasteiger partial charge < -0.3 is 0 Å². The molecule has 2 aromatic rings. The van der Waals surface area contributed by atoms with E-state index in [1.807, 2.05) is 18.2 Å². The minimum atomic E-state index is -0.251. The highest BCUT2D eigenvalue weighted by molar-refractivity contribution is 6.42. The standard InChI is InChI=1S/C15H15Cl2FN2/c16-14-6-2-4-11(15(14)17)9-13(20-19)8-10-3-1-5-12(18)7-10/h1-7,13,20H,8-9,19H2. The Morgan fingerprint density at radius 1 is 1.10 bits per heavy atom. The summed E-state index contributed by atoms with van der Waals surface area (Å²) in [5, 5.41) is 1.05. The first-order valence-electron chi connectivity index (χ1n) is 6.23. The van der Waals surface area contributed by atoms with Gasteiger partial charge in [0.2, 0.25) is 0 Å². The summed E-state index contributed by atoms with van der Waals surface area (Å²) >= 11 is 12.2. The second kappa shape index (κ2) is 7.04. The van der Waals surface area contributed by atoms with Gasteiger partial charge in [-0.15, -0.1) is 0 Å². The topological polar surface area (TPSA) is 38.0 Å². The third-order valence-electron chi connectivity index (χ3n) is 3.10. The number of halogens is 3. The number of hydrogen-bond acceptors (Lipinski definition) is 2. The van der Waals surface area contributed by atoms with Crippen molar-refractivity contribution < 1.29 is 4.39 Å². The van der Waals surface area contributed by atoms with Gasteiger partial charge in [0.1, 0.15) is 5.82 Å². The van der Waals surface area contributed by atoms with Gasteiger partial charge >= 0.3 is 0 Å². The van der Waals surface area contributed by atoms with Crippen molar-refractivity contribution in [1.29, 1.82) is 0 Å². The Morgan fingerprint density at radius 2 is 1.85 bits per heavy atom. The van der Waals surface area contributed by atoms with Crippen molar-refractivity contribution in [2.24, 2.45) is 5.84 Å². The molecule has 2 aromatic carbocycles. The molecule has 106 valence electrons. The van der Waals surface area contributed by atoms with Gasteiger partial charge in [0, 0.05) is 6.04 Å². The molecule has 0 aliphatic heterocycles. The molecule has 0 aromatic heterocycles. The second-order valence-electron chi connectivity index (χ2n) is 4.61. The highest BCUT2D eigenvalue weighted by atomic mass is 35.5. The average molecular weight is 313 g/mol. The number of rotatable bonds is 5. The van der Waals surface area contributed by atoms with Crippen LogP contribution in [0, 0.1) is 5.82 Å². The zero-order chi connectivity index (χ0) is 14.5. The molecule has 0 spiro atoms. The van der Waals surface area contributed by atoms with Crippen molar-refractivity contribution in [3.63, 3.8) is 0 Å². The Morgan fingerprint density at radius 3 is 2.55 bits per heavy atom. The van der Waals surface area contributed by atoms with E-state index in [0.717, 1.165) is 11.1 Å². The van der Waals surface area contributed by atoms with Gasteiger partial charge in [-0.2, -0.15) is 0 Å². The second-order valence-corrected chi connectivity index (χ2v) is 5.40. The Kier molecular flexibility index (Phi) is 5.38. The highest BCUT2D eigenvalue weighted by Crippen LogP contribution is 2.26. The molecule has 0 saturated heterocycles. The van der Waals surface area contributed by atoms with Crippen molar-refractivity contribution in [3.8, 4) is 0 Å². The summed E-state index contributed by atoms with van der Waals surface area (Å²) in [4.78, 5) is 0. The molecule has 0 amide bonds. The Bertz CT molecular complexity index is 590. The van der Waals surface area contributed by atoms with Crippen LogP contribution in [-0.2, 0) is 12.8 Å². The summed E-state index contributed by atoms with van der Waals surface area (Å²) in [6, 6.07) is 11.9. The normalized spacial score (nSPS) is 12.4. The van der Waals surface area contributed by atoms with E-state index in [2.05, 4.69) is 5.43 Å². The van der Waals surface area contributed by atoms with Gasteiger partial charge in [-0.3, -0.25) is 11.3 Å². The molecule has 1 unspecified atom stereocenters. The highest BCUT2D eigenvalue weighted by Gasteiger charge is 2.13. The zero-order valence-corrected chi connectivity index (χ0v) is 12.3. The lowest BCUT2D eigenvalue weighted by atomic mass is 9.99. The largest absolute Gasteiger partial charge is 0.271 e. The molecule has 0 heterocycles. The van der Waals surface area contributed by atoms with E-state index in [4.69, 9.17) is 29.0 Å². The number of benzene rings is 2. The molecule has 0 bridgehead atoms. The van der Waals surface area contributed by atoms with Crippen molar-refractivity contribution in [3.05, 3.63) is 69.5 Å². The summed E-state index contributed by atoms with van der Waals surface area (Å²) in [6.45, 7) is 0. The van der Waals surface area contributed by atoms with Crippen molar-refractivity contribution in [2.75, 3.05) is 0 Å². The maximum Gasteiger partial charge on any atom is 0.123 e. The molecule has 3 N–H and O–H groups in total. The predicted octanol–water partition coefficient (Wildman–Crippen LogP) is 3.75. The third kappa shape index (κ3) is 3.93. The van der Waals surface area contributed by atoms with Crippen molar-refractivity contribution >= 4 is 23.2 Å². The van der Waals surface area contributed by atoms with Crippen molar-refractivity contribution in [2.45, 2.75) is 18.9 Å². The number of nitrogens with two attached hydrogens (primary N) is 1. The first-order chi connectivity index (χ1) is 9.60. The predicted molar refractivity (Wildman–Crippen MR) is 81.4 cm³/mol. The fraction of sp³-hybridized carbons (Fsp3) is 0.200. The van der Waals surface area contributed by atoms with Crippen LogP contribution in [0.5, 0.6) is 0 Å². The van der Waals surface area contributed by atoms with Gasteiger partial charge in [-0.1, -0.05) is 47.5 Å². The quantitative estimate of drug-likeness (QED) is 0.652. The van der Waals surface area contributed by atoms with E-state index in [0.29, 0.717) is 22.9 Å². The molecule has 0 saturated carbocycles. The summed E-state index contributed by atoms with van der Waals surface area (Å²) in [6.07, 6.45) is 1.23. The number of hydrazine groups is 1. The minimum absolute atomic E-state index is 0.0484. The molecule has 1 atom stereocenters. The molecule has 2 nitrogen and oxygen atoms in total. The van der Waals surface area contributed by atoms with Gasteiger partial charge in [0.05, 0.1) is 10.0 Å². The van der Waals surface area contributed by atoms with E-state index in [9.17, 15) is 4.39 Å². The molecular formula is C15H15Cl2FN2. The van der Waals surface area contributed by atoms with Crippen LogP contribution in [0.1, 0.15) is 11.1 Å². The van der Waals surface area contributed by atoms with Crippen LogP contribution in [0.4, 0.5) is 4.39 Å². The molecule has 20 heavy (non-hydrogen) atoms. The molecular weight excluding hydrogens is 298 g/mol. The van der Waals surface area contributed by atoms with Crippen LogP contribution in [0.3, 0.4) is 0 Å². The fourth-order valence-electron chi connectivity index (χ4n) is 2.11. The first kappa shape index (κ1) is 15.3. The number of nitrogens with one attached hydrogen (secondary N) is 1. The Hall–Kier alpha value is -1.13. The van der Waals surface area contributed by atoms with Gasteiger partial charge in [0.25, 0.3) is 0 Å².